The highest BCUT2D eigenvalue weighted by atomic mass is 16.5. The third kappa shape index (κ3) is 4.70. The summed E-state index contributed by atoms with van der Waals surface area (Å²) in [6.07, 6.45) is 1.91. The van der Waals surface area contributed by atoms with E-state index < -0.39 is 0 Å². The second-order valence-electron chi connectivity index (χ2n) is 8.06. The van der Waals surface area contributed by atoms with Crippen LogP contribution in [0.15, 0.2) is 29.3 Å². The van der Waals surface area contributed by atoms with E-state index in [1.807, 2.05) is 11.7 Å². The number of methoxy groups -OCH3 is 1. The molecule has 7 nitrogen and oxygen atoms in total. The van der Waals surface area contributed by atoms with Crippen LogP contribution in [0.3, 0.4) is 0 Å². The summed E-state index contributed by atoms with van der Waals surface area (Å²) in [5.41, 5.74) is 2.67. The molecule has 0 radical (unpaired) electrons. The topological polar surface area (TPSA) is 76.4 Å². The van der Waals surface area contributed by atoms with Gasteiger partial charge in [0.15, 0.2) is 11.8 Å². The number of benzene rings is 1. The Bertz CT molecular complexity index is 826. The lowest BCUT2D eigenvalue weighted by Gasteiger charge is -2.30. The van der Waals surface area contributed by atoms with Gasteiger partial charge in [0.05, 0.1) is 6.54 Å². The molecule has 0 saturated carbocycles. The minimum atomic E-state index is 0.00363. The number of aromatic nitrogens is 3. The highest BCUT2D eigenvalue weighted by Gasteiger charge is 2.25. The third-order valence-corrected chi connectivity index (χ3v) is 5.31. The van der Waals surface area contributed by atoms with Crippen LogP contribution >= 0.6 is 0 Å². The lowest BCUT2D eigenvalue weighted by molar-refractivity contribution is 0.177. The summed E-state index contributed by atoms with van der Waals surface area (Å²) in [7, 11) is 3.48. The first-order chi connectivity index (χ1) is 13.4. The van der Waals surface area contributed by atoms with Crippen molar-refractivity contribution in [3.63, 3.8) is 0 Å². The van der Waals surface area contributed by atoms with Crippen molar-refractivity contribution in [3.8, 4) is 0 Å². The fraction of sp³-hybridized carbons (Fsp3) is 0.571. The van der Waals surface area contributed by atoms with Gasteiger partial charge in [-0.3, -0.25) is 4.99 Å². The molecular weight excluding hydrogens is 352 g/mol. The number of hydrogen-bond donors (Lipinski definition) is 2. The predicted octanol–water partition coefficient (Wildman–Crippen LogP) is 2.19. The average Bonchev–Trinajstić information content (AvgIpc) is 3.07. The molecule has 0 amide bonds. The van der Waals surface area contributed by atoms with Crippen LogP contribution in [-0.2, 0) is 29.7 Å². The maximum atomic E-state index is 5.14. The zero-order valence-corrected chi connectivity index (χ0v) is 17.6. The molecule has 1 aromatic heterocycles. The molecule has 0 saturated heterocycles. The summed E-state index contributed by atoms with van der Waals surface area (Å²) in [6, 6.07) is 8.84. The number of nitrogens with one attached hydrogen (secondary N) is 2. The van der Waals surface area contributed by atoms with Crippen LogP contribution in [0.25, 0.3) is 0 Å². The van der Waals surface area contributed by atoms with E-state index in [4.69, 9.17) is 4.74 Å². The van der Waals surface area contributed by atoms with Crippen LogP contribution in [0.2, 0.25) is 0 Å². The number of nitrogens with zero attached hydrogens (tertiary/aromatic N) is 4. The predicted molar refractivity (Wildman–Crippen MR) is 112 cm³/mol. The maximum Gasteiger partial charge on any atom is 0.191 e. The van der Waals surface area contributed by atoms with Gasteiger partial charge in [-0.05, 0) is 24.5 Å². The second kappa shape index (κ2) is 8.73. The molecule has 0 aliphatic carbocycles. The van der Waals surface area contributed by atoms with Crippen LogP contribution in [-0.4, -0.2) is 47.5 Å². The van der Waals surface area contributed by atoms with Crippen LogP contribution < -0.4 is 10.6 Å². The van der Waals surface area contributed by atoms with E-state index in [2.05, 4.69) is 70.7 Å². The third-order valence-electron chi connectivity index (χ3n) is 5.31. The molecule has 1 aromatic carbocycles. The number of aliphatic imine (C=N–C) groups is 1. The molecule has 2 N–H and O–H groups in total. The summed E-state index contributed by atoms with van der Waals surface area (Å²) >= 11 is 0. The van der Waals surface area contributed by atoms with Gasteiger partial charge in [0, 0.05) is 38.6 Å². The standard InChI is InChI=1S/C21H32N6O/c1-15-8-6-7-9-17(15)21(2,3)14-23-20(22-4)24-16-10-11-19-25-18(13-28-5)26-27(19)12-16/h6-9,16H,10-14H2,1-5H3,(H2,22,23,24). The first-order valence-electron chi connectivity index (χ1n) is 9.88. The number of aryl methyl sites for hydroxylation is 2. The molecule has 0 spiro atoms. The van der Waals surface area contributed by atoms with E-state index in [0.29, 0.717) is 6.61 Å². The van der Waals surface area contributed by atoms with Crippen molar-refractivity contribution >= 4 is 5.96 Å². The molecule has 0 bridgehead atoms. The highest BCUT2D eigenvalue weighted by Crippen LogP contribution is 2.25. The van der Waals surface area contributed by atoms with Gasteiger partial charge >= 0.3 is 0 Å². The molecule has 28 heavy (non-hydrogen) atoms. The quantitative estimate of drug-likeness (QED) is 0.590. The van der Waals surface area contributed by atoms with Gasteiger partial charge in [-0.1, -0.05) is 38.1 Å². The molecule has 1 aliphatic heterocycles. The lowest BCUT2D eigenvalue weighted by Crippen LogP contribution is -2.49. The van der Waals surface area contributed by atoms with Crippen molar-refractivity contribution in [2.75, 3.05) is 20.7 Å². The summed E-state index contributed by atoms with van der Waals surface area (Å²) in [5, 5.41) is 11.6. The van der Waals surface area contributed by atoms with Crippen molar-refractivity contribution < 1.29 is 4.74 Å². The van der Waals surface area contributed by atoms with E-state index in [9.17, 15) is 0 Å². The van der Waals surface area contributed by atoms with Crippen LogP contribution in [0, 0.1) is 6.92 Å². The summed E-state index contributed by atoms with van der Waals surface area (Å²) in [5.74, 6) is 2.61. The fourth-order valence-electron chi connectivity index (χ4n) is 3.79. The van der Waals surface area contributed by atoms with E-state index in [1.165, 1.54) is 11.1 Å². The van der Waals surface area contributed by atoms with Gasteiger partial charge < -0.3 is 15.4 Å². The Balaban J connectivity index is 1.58. The fourth-order valence-corrected chi connectivity index (χ4v) is 3.79. The van der Waals surface area contributed by atoms with Crippen LogP contribution in [0.4, 0.5) is 0 Å². The Hall–Kier alpha value is -2.41. The molecule has 1 aliphatic rings. The first kappa shape index (κ1) is 20.3. The van der Waals surface area contributed by atoms with E-state index >= 15 is 0 Å². The molecule has 2 heterocycles. The van der Waals surface area contributed by atoms with Crippen molar-refractivity contribution in [2.24, 2.45) is 4.99 Å². The van der Waals surface area contributed by atoms with Crippen LogP contribution in [0.1, 0.15) is 43.0 Å². The van der Waals surface area contributed by atoms with E-state index in [1.54, 1.807) is 7.11 Å². The van der Waals surface area contributed by atoms with Crippen molar-refractivity contribution in [1.29, 1.82) is 0 Å². The molecule has 0 fully saturated rings. The monoisotopic (exact) mass is 384 g/mol. The Morgan fingerprint density at radius 2 is 2.14 bits per heavy atom. The van der Waals surface area contributed by atoms with Gasteiger partial charge in [-0.15, -0.1) is 0 Å². The largest absolute Gasteiger partial charge is 0.377 e. The maximum absolute atomic E-state index is 5.14. The minimum absolute atomic E-state index is 0.00363. The van der Waals surface area contributed by atoms with Gasteiger partial charge in [0.2, 0.25) is 0 Å². The summed E-state index contributed by atoms with van der Waals surface area (Å²) < 4.78 is 7.13. The molecular formula is C21H32N6O. The normalized spacial score (nSPS) is 17.3. The smallest absolute Gasteiger partial charge is 0.191 e. The van der Waals surface area contributed by atoms with Crippen LogP contribution in [0.5, 0.6) is 0 Å². The lowest BCUT2D eigenvalue weighted by atomic mass is 9.82. The Morgan fingerprint density at radius 1 is 1.36 bits per heavy atom. The SMILES string of the molecule is CN=C(NCC(C)(C)c1ccccc1C)NC1CCc2nc(COC)nn2C1. The van der Waals surface area contributed by atoms with Gasteiger partial charge in [-0.2, -0.15) is 5.10 Å². The molecule has 1 unspecified atom stereocenters. The van der Waals surface area contributed by atoms with Gasteiger partial charge in [0.25, 0.3) is 0 Å². The molecule has 2 aromatic rings. The number of fused-ring (bicyclic) bond motifs is 1. The Kier molecular flexibility index (Phi) is 6.34. The molecule has 152 valence electrons. The van der Waals surface area contributed by atoms with Crippen molar-refractivity contribution in [3.05, 3.63) is 47.0 Å². The zero-order valence-electron chi connectivity index (χ0n) is 17.6. The number of guanidine groups is 1. The highest BCUT2D eigenvalue weighted by molar-refractivity contribution is 5.80. The van der Waals surface area contributed by atoms with Gasteiger partial charge in [0.1, 0.15) is 12.4 Å². The average molecular weight is 385 g/mol. The number of rotatable bonds is 6. The summed E-state index contributed by atoms with van der Waals surface area (Å²) in [6.45, 7) is 8.73. The molecule has 1 atom stereocenters. The molecule has 7 heteroatoms. The minimum Gasteiger partial charge on any atom is -0.377 e. The number of ether oxygens (including phenoxy) is 1. The first-order valence-corrected chi connectivity index (χ1v) is 9.88. The number of hydrogen-bond acceptors (Lipinski definition) is 4. The summed E-state index contributed by atoms with van der Waals surface area (Å²) in [4.78, 5) is 8.96. The van der Waals surface area contributed by atoms with E-state index in [0.717, 1.165) is 43.5 Å². The second-order valence-corrected chi connectivity index (χ2v) is 8.06. The van der Waals surface area contributed by atoms with Gasteiger partial charge in [-0.25, -0.2) is 9.67 Å². The van der Waals surface area contributed by atoms with Crippen molar-refractivity contribution in [2.45, 2.75) is 58.2 Å². The zero-order chi connectivity index (χ0) is 20.1. The van der Waals surface area contributed by atoms with E-state index in [-0.39, 0.29) is 11.5 Å². The Morgan fingerprint density at radius 3 is 2.86 bits per heavy atom. The molecule has 3 rings (SSSR count). The Labute approximate surface area is 167 Å². The van der Waals surface area contributed by atoms with Crippen molar-refractivity contribution in [1.82, 2.24) is 25.4 Å².